The van der Waals surface area contributed by atoms with E-state index in [9.17, 15) is 8.42 Å². The molecule has 1 fully saturated rings. The minimum atomic E-state index is -3.06. The predicted octanol–water partition coefficient (Wildman–Crippen LogP) is 0.776. The van der Waals surface area contributed by atoms with E-state index in [1.807, 2.05) is 0 Å². The molecule has 5 heteroatoms. The Morgan fingerprint density at radius 3 is 2.73 bits per heavy atom. The topological polar surface area (TPSA) is 43.4 Å². The summed E-state index contributed by atoms with van der Waals surface area (Å²) in [5, 5.41) is -0.299. The van der Waals surface area contributed by atoms with Crippen LogP contribution < -0.4 is 0 Å². The van der Waals surface area contributed by atoms with Crippen molar-refractivity contribution < 1.29 is 13.2 Å². The molecule has 3 nitrogen and oxygen atoms in total. The molecular formula is C6H11ClO3S. The third-order valence-electron chi connectivity index (χ3n) is 1.63. The van der Waals surface area contributed by atoms with Crippen LogP contribution in [0.15, 0.2) is 0 Å². The summed E-state index contributed by atoms with van der Waals surface area (Å²) in [5.74, 6) is 0.0799. The zero-order chi connectivity index (χ0) is 8.32. The molecule has 1 aliphatic rings. The second-order valence-electron chi connectivity index (χ2n) is 2.65. The highest BCUT2D eigenvalue weighted by atomic mass is 35.5. The van der Waals surface area contributed by atoms with Gasteiger partial charge in [-0.1, -0.05) is 0 Å². The maximum absolute atomic E-state index is 10.9. The summed E-state index contributed by atoms with van der Waals surface area (Å²) in [6, 6.07) is 0. The van der Waals surface area contributed by atoms with Gasteiger partial charge in [-0.3, -0.25) is 0 Å². The van der Waals surface area contributed by atoms with Crippen LogP contribution in [0.5, 0.6) is 0 Å². The summed E-state index contributed by atoms with van der Waals surface area (Å²) in [7, 11) is -3.06. The molecule has 0 N–H and O–H groups in total. The molecule has 1 rings (SSSR count). The summed E-state index contributed by atoms with van der Waals surface area (Å²) in [6.45, 7) is 0.683. The predicted molar refractivity (Wildman–Crippen MR) is 43.5 cm³/mol. The first-order valence-corrected chi connectivity index (χ1v) is 5.87. The van der Waals surface area contributed by atoms with Gasteiger partial charge in [0.1, 0.15) is 5.21 Å². The molecule has 0 aromatic heterocycles. The van der Waals surface area contributed by atoms with Gasteiger partial charge < -0.3 is 4.74 Å². The lowest BCUT2D eigenvalue weighted by molar-refractivity contribution is 0.127. The molecule has 0 aromatic carbocycles. The van der Waals surface area contributed by atoms with Gasteiger partial charge in [-0.25, -0.2) is 8.42 Å². The highest BCUT2D eigenvalue weighted by Crippen LogP contribution is 2.14. The van der Waals surface area contributed by atoms with Gasteiger partial charge >= 0.3 is 0 Å². The molecule has 0 saturated carbocycles. The molecule has 0 aromatic rings. The van der Waals surface area contributed by atoms with Crippen LogP contribution in [0.25, 0.3) is 0 Å². The lowest BCUT2D eigenvalue weighted by atomic mass is 10.3. The van der Waals surface area contributed by atoms with Crippen molar-refractivity contribution in [3.8, 4) is 0 Å². The van der Waals surface area contributed by atoms with E-state index in [1.165, 1.54) is 0 Å². The standard InChI is InChI=1S/C6H11ClO3S/c7-5-11(8,9)4-6-2-1-3-10-6/h6H,1-5H2. The summed E-state index contributed by atoms with van der Waals surface area (Å²) in [4.78, 5) is 0. The van der Waals surface area contributed by atoms with Crippen LogP contribution in [0.4, 0.5) is 0 Å². The summed E-state index contributed by atoms with van der Waals surface area (Å²) in [5.41, 5.74) is 0. The van der Waals surface area contributed by atoms with Gasteiger partial charge in [0.05, 0.1) is 11.9 Å². The van der Waals surface area contributed by atoms with Gasteiger partial charge in [0.25, 0.3) is 0 Å². The second-order valence-corrected chi connectivity index (χ2v) is 5.35. The van der Waals surface area contributed by atoms with Crippen molar-refractivity contribution in [2.75, 3.05) is 17.6 Å². The van der Waals surface area contributed by atoms with Crippen LogP contribution in [0.2, 0.25) is 0 Å². The number of hydrogen-bond acceptors (Lipinski definition) is 3. The van der Waals surface area contributed by atoms with Crippen LogP contribution in [0.1, 0.15) is 12.8 Å². The van der Waals surface area contributed by atoms with E-state index in [4.69, 9.17) is 16.3 Å². The molecule has 0 bridgehead atoms. The minimum absolute atomic E-state index is 0.0799. The molecule has 1 unspecified atom stereocenters. The van der Waals surface area contributed by atoms with Crippen molar-refractivity contribution in [1.82, 2.24) is 0 Å². The smallest absolute Gasteiger partial charge is 0.166 e. The first-order chi connectivity index (χ1) is 5.14. The average Bonchev–Trinajstić information content (AvgIpc) is 2.39. The Hall–Kier alpha value is 0.200. The lowest BCUT2D eigenvalue weighted by Crippen LogP contribution is -2.20. The first kappa shape index (κ1) is 9.29. The van der Waals surface area contributed by atoms with Gasteiger partial charge in [0, 0.05) is 6.61 Å². The fourth-order valence-electron chi connectivity index (χ4n) is 1.10. The van der Waals surface area contributed by atoms with Crippen LogP contribution in [0.3, 0.4) is 0 Å². The monoisotopic (exact) mass is 198 g/mol. The molecule has 0 amide bonds. The van der Waals surface area contributed by atoms with E-state index < -0.39 is 9.84 Å². The van der Waals surface area contributed by atoms with Crippen molar-refractivity contribution in [2.24, 2.45) is 0 Å². The Kier molecular flexibility index (Phi) is 3.16. The number of hydrogen-bond donors (Lipinski definition) is 0. The number of sulfone groups is 1. The molecule has 1 aliphatic heterocycles. The molecule has 66 valence electrons. The zero-order valence-corrected chi connectivity index (χ0v) is 7.70. The van der Waals surface area contributed by atoms with Gasteiger partial charge in [0.15, 0.2) is 9.84 Å². The number of alkyl halides is 1. The Morgan fingerprint density at radius 1 is 1.55 bits per heavy atom. The minimum Gasteiger partial charge on any atom is -0.377 e. The molecule has 0 spiro atoms. The SMILES string of the molecule is O=S(=O)(CCl)CC1CCCO1. The van der Waals surface area contributed by atoms with Crippen molar-refractivity contribution >= 4 is 21.4 Å². The average molecular weight is 199 g/mol. The molecule has 1 saturated heterocycles. The zero-order valence-electron chi connectivity index (χ0n) is 6.12. The maximum atomic E-state index is 10.9. The normalized spacial score (nSPS) is 25.7. The van der Waals surface area contributed by atoms with Gasteiger partial charge in [-0.2, -0.15) is 0 Å². The number of ether oxygens (including phenoxy) is 1. The van der Waals surface area contributed by atoms with E-state index in [2.05, 4.69) is 0 Å². The molecule has 1 atom stereocenters. The largest absolute Gasteiger partial charge is 0.377 e. The Bertz CT molecular complexity index is 206. The van der Waals surface area contributed by atoms with E-state index in [0.29, 0.717) is 6.61 Å². The van der Waals surface area contributed by atoms with Gasteiger partial charge in [0.2, 0.25) is 0 Å². The molecular weight excluding hydrogens is 188 g/mol. The summed E-state index contributed by atoms with van der Waals surface area (Å²) in [6.07, 6.45) is 1.69. The van der Waals surface area contributed by atoms with Crippen molar-refractivity contribution in [3.05, 3.63) is 0 Å². The molecule has 0 radical (unpaired) electrons. The van der Waals surface area contributed by atoms with Crippen LogP contribution in [-0.4, -0.2) is 32.1 Å². The maximum Gasteiger partial charge on any atom is 0.166 e. The fraction of sp³-hybridized carbons (Fsp3) is 1.00. The van der Waals surface area contributed by atoms with E-state index in [-0.39, 0.29) is 17.1 Å². The van der Waals surface area contributed by atoms with Gasteiger partial charge in [-0.15, -0.1) is 11.6 Å². The van der Waals surface area contributed by atoms with E-state index in [1.54, 1.807) is 0 Å². The Morgan fingerprint density at radius 2 is 2.27 bits per heavy atom. The fourth-order valence-corrected chi connectivity index (χ4v) is 2.29. The number of rotatable bonds is 3. The summed E-state index contributed by atoms with van der Waals surface area (Å²) < 4.78 is 27.0. The highest BCUT2D eigenvalue weighted by molar-refractivity contribution is 7.92. The molecule has 1 heterocycles. The Balaban J connectivity index is 2.41. The third-order valence-corrected chi connectivity index (χ3v) is 3.84. The number of halogens is 1. The van der Waals surface area contributed by atoms with Gasteiger partial charge in [-0.05, 0) is 12.8 Å². The van der Waals surface area contributed by atoms with E-state index >= 15 is 0 Å². The van der Waals surface area contributed by atoms with Crippen LogP contribution >= 0.6 is 11.6 Å². The second kappa shape index (κ2) is 3.74. The lowest BCUT2D eigenvalue weighted by Gasteiger charge is -2.06. The van der Waals surface area contributed by atoms with Crippen molar-refractivity contribution in [1.29, 1.82) is 0 Å². The molecule has 11 heavy (non-hydrogen) atoms. The highest BCUT2D eigenvalue weighted by Gasteiger charge is 2.22. The first-order valence-electron chi connectivity index (χ1n) is 3.52. The Labute approximate surface area is 71.6 Å². The van der Waals surface area contributed by atoms with Crippen LogP contribution in [-0.2, 0) is 14.6 Å². The summed E-state index contributed by atoms with van der Waals surface area (Å²) >= 11 is 5.23. The third kappa shape index (κ3) is 2.97. The van der Waals surface area contributed by atoms with E-state index in [0.717, 1.165) is 12.8 Å². The van der Waals surface area contributed by atoms with Crippen molar-refractivity contribution in [3.63, 3.8) is 0 Å². The quantitative estimate of drug-likeness (QED) is 0.630. The van der Waals surface area contributed by atoms with Crippen molar-refractivity contribution in [2.45, 2.75) is 18.9 Å². The molecule has 0 aliphatic carbocycles. The van der Waals surface area contributed by atoms with Crippen LogP contribution in [0, 0.1) is 0 Å².